The zero-order chi connectivity index (χ0) is 15.8. The van der Waals surface area contributed by atoms with Gasteiger partial charge in [-0.25, -0.2) is 0 Å². The van der Waals surface area contributed by atoms with Crippen molar-refractivity contribution >= 4 is 29.4 Å². The van der Waals surface area contributed by atoms with Crippen molar-refractivity contribution in [3.63, 3.8) is 0 Å². The van der Waals surface area contributed by atoms with Gasteiger partial charge in [-0.05, 0) is 19.1 Å². The molecule has 0 saturated heterocycles. The fourth-order valence-electron chi connectivity index (χ4n) is 1.52. The van der Waals surface area contributed by atoms with Crippen molar-refractivity contribution in [2.24, 2.45) is 0 Å². The second-order valence-electron chi connectivity index (χ2n) is 4.22. The smallest absolute Gasteiger partial charge is 0.325 e. The van der Waals surface area contributed by atoms with Gasteiger partial charge in [0.05, 0.1) is 23.7 Å². The second kappa shape index (κ2) is 8.26. The fourth-order valence-corrected chi connectivity index (χ4v) is 1.74. The molecule has 0 spiro atoms. The summed E-state index contributed by atoms with van der Waals surface area (Å²) >= 11 is 5.88. The number of likely N-dealkylation sites (N-methyl/N-ethyl adjacent to an activating group) is 1. The summed E-state index contributed by atoms with van der Waals surface area (Å²) in [5.41, 5.74) is 0.292. The van der Waals surface area contributed by atoms with E-state index in [-0.39, 0.29) is 19.7 Å². The predicted molar refractivity (Wildman–Crippen MR) is 78.1 cm³/mol. The van der Waals surface area contributed by atoms with E-state index in [9.17, 15) is 14.4 Å². The molecule has 0 unspecified atom stereocenters. The number of nitrogens with one attached hydrogen (secondary N) is 1. The largest absolute Gasteiger partial charge is 0.465 e. The number of hydrogen-bond acceptors (Lipinski definition) is 4. The van der Waals surface area contributed by atoms with Gasteiger partial charge in [0.1, 0.15) is 6.54 Å². The van der Waals surface area contributed by atoms with Crippen LogP contribution >= 0.6 is 11.6 Å². The van der Waals surface area contributed by atoms with Crippen molar-refractivity contribution in [3.05, 3.63) is 34.9 Å². The number of amides is 2. The highest BCUT2D eigenvalue weighted by Crippen LogP contribution is 2.14. The van der Waals surface area contributed by atoms with Gasteiger partial charge in [0.2, 0.25) is 5.91 Å². The first-order valence-corrected chi connectivity index (χ1v) is 6.75. The van der Waals surface area contributed by atoms with Crippen molar-refractivity contribution in [1.29, 1.82) is 0 Å². The van der Waals surface area contributed by atoms with Gasteiger partial charge in [0.15, 0.2) is 0 Å². The van der Waals surface area contributed by atoms with Crippen LogP contribution in [0.3, 0.4) is 0 Å². The van der Waals surface area contributed by atoms with Gasteiger partial charge in [-0.3, -0.25) is 14.4 Å². The molecule has 0 bridgehead atoms. The Morgan fingerprint density at radius 3 is 2.57 bits per heavy atom. The molecule has 7 heteroatoms. The molecule has 0 aliphatic carbocycles. The van der Waals surface area contributed by atoms with E-state index in [0.29, 0.717) is 10.6 Å². The molecule has 21 heavy (non-hydrogen) atoms. The first kappa shape index (κ1) is 17.0. The highest BCUT2D eigenvalue weighted by molar-refractivity contribution is 6.33. The lowest BCUT2D eigenvalue weighted by atomic mass is 10.2. The van der Waals surface area contributed by atoms with Crippen LogP contribution in [0.15, 0.2) is 24.3 Å². The zero-order valence-electron chi connectivity index (χ0n) is 11.9. The van der Waals surface area contributed by atoms with Gasteiger partial charge in [0, 0.05) is 7.05 Å². The summed E-state index contributed by atoms with van der Waals surface area (Å²) < 4.78 is 4.74. The normalized spacial score (nSPS) is 9.86. The molecule has 0 saturated carbocycles. The number of carbonyl (C=O) groups excluding carboxylic acids is 3. The fraction of sp³-hybridized carbons (Fsp3) is 0.357. The van der Waals surface area contributed by atoms with E-state index in [1.807, 2.05) is 0 Å². The number of ether oxygens (including phenoxy) is 1. The molecule has 0 aromatic heterocycles. The van der Waals surface area contributed by atoms with E-state index in [1.54, 1.807) is 31.2 Å². The zero-order valence-corrected chi connectivity index (χ0v) is 12.6. The number of rotatable bonds is 6. The van der Waals surface area contributed by atoms with Crippen LogP contribution in [-0.4, -0.2) is 49.4 Å². The summed E-state index contributed by atoms with van der Waals surface area (Å²) in [4.78, 5) is 36.1. The number of hydrogen-bond donors (Lipinski definition) is 1. The van der Waals surface area contributed by atoms with Crippen LogP contribution in [0.1, 0.15) is 17.3 Å². The molecule has 114 valence electrons. The standard InChI is InChI=1S/C14H17ClN2O4/c1-3-21-13(19)9-17(2)12(18)8-16-14(20)10-6-4-5-7-11(10)15/h4-7H,3,8-9H2,1-2H3,(H,16,20). The maximum absolute atomic E-state index is 11.9. The Balaban J connectivity index is 2.47. The molecular weight excluding hydrogens is 296 g/mol. The molecule has 1 rings (SSSR count). The minimum absolute atomic E-state index is 0.158. The molecule has 0 aliphatic heterocycles. The molecule has 2 amide bonds. The van der Waals surface area contributed by atoms with Gasteiger partial charge < -0.3 is 15.0 Å². The Morgan fingerprint density at radius 1 is 1.29 bits per heavy atom. The molecule has 0 heterocycles. The summed E-state index contributed by atoms with van der Waals surface area (Å²) in [5.74, 6) is -1.34. The average Bonchev–Trinajstić information content (AvgIpc) is 2.45. The minimum Gasteiger partial charge on any atom is -0.465 e. The molecular formula is C14H17ClN2O4. The van der Waals surface area contributed by atoms with E-state index >= 15 is 0 Å². The van der Waals surface area contributed by atoms with E-state index in [2.05, 4.69) is 5.32 Å². The number of halogens is 1. The van der Waals surface area contributed by atoms with Gasteiger partial charge >= 0.3 is 5.97 Å². The summed E-state index contributed by atoms with van der Waals surface area (Å²) in [6.07, 6.45) is 0. The van der Waals surface area contributed by atoms with Crippen molar-refractivity contribution in [2.75, 3.05) is 26.7 Å². The molecule has 0 aliphatic rings. The lowest BCUT2D eigenvalue weighted by Gasteiger charge is -2.16. The van der Waals surface area contributed by atoms with E-state index in [1.165, 1.54) is 11.9 Å². The highest BCUT2D eigenvalue weighted by atomic mass is 35.5. The Bertz CT molecular complexity index is 533. The van der Waals surface area contributed by atoms with Crippen molar-refractivity contribution < 1.29 is 19.1 Å². The van der Waals surface area contributed by atoms with E-state index < -0.39 is 17.8 Å². The lowest BCUT2D eigenvalue weighted by Crippen LogP contribution is -2.40. The van der Waals surface area contributed by atoms with Crippen LogP contribution < -0.4 is 5.32 Å². The lowest BCUT2D eigenvalue weighted by molar-refractivity contribution is -0.147. The van der Waals surface area contributed by atoms with Crippen molar-refractivity contribution in [3.8, 4) is 0 Å². The summed E-state index contributed by atoms with van der Waals surface area (Å²) in [6.45, 7) is 1.56. The Labute approximate surface area is 128 Å². The summed E-state index contributed by atoms with van der Waals surface area (Å²) in [7, 11) is 1.46. The Hall–Kier alpha value is -2.08. The topological polar surface area (TPSA) is 75.7 Å². The quantitative estimate of drug-likeness (QED) is 0.798. The Morgan fingerprint density at radius 2 is 1.95 bits per heavy atom. The van der Waals surface area contributed by atoms with Crippen LogP contribution in [0.5, 0.6) is 0 Å². The number of carbonyl (C=O) groups is 3. The van der Waals surface area contributed by atoms with Crippen molar-refractivity contribution in [1.82, 2.24) is 10.2 Å². The van der Waals surface area contributed by atoms with Crippen LogP contribution in [-0.2, 0) is 14.3 Å². The van der Waals surface area contributed by atoms with Gasteiger partial charge in [-0.2, -0.15) is 0 Å². The van der Waals surface area contributed by atoms with Crippen molar-refractivity contribution in [2.45, 2.75) is 6.92 Å². The summed E-state index contributed by atoms with van der Waals surface area (Å²) in [5, 5.41) is 2.77. The number of nitrogens with zero attached hydrogens (tertiary/aromatic N) is 1. The monoisotopic (exact) mass is 312 g/mol. The Kier molecular flexibility index (Phi) is 6.68. The predicted octanol–water partition coefficient (Wildman–Crippen LogP) is 1.09. The molecule has 1 N–H and O–H groups in total. The molecule has 0 atom stereocenters. The first-order valence-electron chi connectivity index (χ1n) is 6.38. The first-order chi connectivity index (χ1) is 9.95. The van der Waals surface area contributed by atoms with Crippen LogP contribution in [0.4, 0.5) is 0 Å². The van der Waals surface area contributed by atoms with Gasteiger partial charge in [0.25, 0.3) is 5.91 Å². The second-order valence-corrected chi connectivity index (χ2v) is 4.62. The van der Waals surface area contributed by atoms with Gasteiger partial charge in [-0.1, -0.05) is 23.7 Å². The maximum atomic E-state index is 11.9. The molecule has 6 nitrogen and oxygen atoms in total. The van der Waals surface area contributed by atoms with Gasteiger partial charge in [-0.15, -0.1) is 0 Å². The molecule has 1 aromatic rings. The SMILES string of the molecule is CCOC(=O)CN(C)C(=O)CNC(=O)c1ccccc1Cl. The van der Waals surface area contributed by atoms with E-state index in [4.69, 9.17) is 16.3 Å². The third-order valence-electron chi connectivity index (χ3n) is 2.62. The summed E-state index contributed by atoms with van der Waals surface area (Å²) in [6, 6.07) is 6.53. The third kappa shape index (κ3) is 5.43. The van der Waals surface area contributed by atoms with Crippen LogP contribution in [0.2, 0.25) is 5.02 Å². The van der Waals surface area contributed by atoms with Crippen LogP contribution in [0, 0.1) is 0 Å². The minimum atomic E-state index is -0.495. The van der Waals surface area contributed by atoms with E-state index in [0.717, 1.165) is 0 Å². The highest BCUT2D eigenvalue weighted by Gasteiger charge is 2.15. The number of benzene rings is 1. The average molecular weight is 313 g/mol. The number of esters is 1. The third-order valence-corrected chi connectivity index (χ3v) is 2.95. The molecule has 0 radical (unpaired) electrons. The maximum Gasteiger partial charge on any atom is 0.325 e. The molecule has 0 fully saturated rings. The van der Waals surface area contributed by atoms with Crippen LogP contribution in [0.25, 0.3) is 0 Å². The molecule has 1 aromatic carbocycles.